The third-order valence-corrected chi connectivity index (χ3v) is 5.28. The Morgan fingerprint density at radius 3 is 2.44 bits per heavy atom. The van der Waals surface area contributed by atoms with Crippen LogP contribution in [0.5, 0.6) is 0 Å². The number of rotatable bonds is 8. The molecule has 0 bridgehead atoms. The number of fused-ring (bicyclic) bond motifs is 3. The fourth-order valence-corrected chi connectivity index (χ4v) is 3.90. The molecule has 1 atom stereocenters. The smallest absolute Gasteiger partial charge is 0.253 e. The fourth-order valence-electron chi connectivity index (χ4n) is 3.90. The van der Waals surface area contributed by atoms with Gasteiger partial charge in [-0.2, -0.15) is 0 Å². The van der Waals surface area contributed by atoms with Gasteiger partial charge >= 0.3 is 0 Å². The monoisotopic (exact) mass is 435 g/mol. The van der Waals surface area contributed by atoms with Crippen molar-refractivity contribution < 1.29 is 19.1 Å². The van der Waals surface area contributed by atoms with Crippen molar-refractivity contribution in [2.24, 2.45) is 0 Å². The maximum Gasteiger partial charge on any atom is 0.253 e. The molecule has 2 aromatic carbocycles. The Hall–Kier alpha value is -3.72. The van der Waals surface area contributed by atoms with Crippen LogP contribution in [0.1, 0.15) is 25.8 Å². The van der Waals surface area contributed by atoms with Gasteiger partial charge in [-0.25, -0.2) is 4.98 Å². The van der Waals surface area contributed by atoms with Crippen molar-refractivity contribution in [1.82, 2.24) is 9.55 Å². The minimum absolute atomic E-state index is 0.0135. The molecule has 9 heteroatoms. The third-order valence-electron chi connectivity index (χ3n) is 5.28. The zero-order chi connectivity index (χ0) is 22.7. The summed E-state index contributed by atoms with van der Waals surface area (Å²) < 4.78 is 6.97. The Balaban J connectivity index is 1.53. The number of carbonyl (C=O) groups is 3. The topological polar surface area (TPSA) is 106 Å². The van der Waals surface area contributed by atoms with Gasteiger partial charge in [-0.05, 0) is 42.8 Å². The lowest BCUT2D eigenvalue weighted by molar-refractivity contribution is -0.124. The van der Waals surface area contributed by atoms with Crippen LogP contribution in [0.2, 0.25) is 0 Å². The number of ether oxygens (including phenoxy) is 1. The summed E-state index contributed by atoms with van der Waals surface area (Å²) >= 11 is 0. The van der Waals surface area contributed by atoms with Gasteiger partial charge in [0.1, 0.15) is 6.04 Å². The number of nitrogens with one attached hydrogen (secondary N) is 2. The molecule has 0 saturated carbocycles. The zero-order valence-electron chi connectivity index (χ0n) is 18.0. The molecule has 9 nitrogen and oxygen atoms in total. The number of imidazole rings is 1. The van der Waals surface area contributed by atoms with Crippen LogP contribution in [0.15, 0.2) is 48.5 Å². The predicted molar refractivity (Wildman–Crippen MR) is 122 cm³/mol. The number of methoxy groups -OCH3 is 1. The summed E-state index contributed by atoms with van der Waals surface area (Å²) in [5.74, 6) is -0.0340. The van der Waals surface area contributed by atoms with Crippen molar-refractivity contribution >= 4 is 46.1 Å². The number of carbonyl (C=O) groups excluding carboxylic acids is 3. The highest BCUT2D eigenvalue weighted by atomic mass is 16.5. The molecule has 0 radical (unpaired) electrons. The van der Waals surface area contributed by atoms with Gasteiger partial charge in [0.25, 0.3) is 5.91 Å². The molecular formula is C23H25N5O4. The van der Waals surface area contributed by atoms with Gasteiger partial charge in [-0.3, -0.25) is 23.9 Å². The average molecular weight is 435 g/mol. The van der Waals surface area contributed by atoms with Crippen LogP contribution >= 0.6 is 0 Å². The Morgan fingerprint density at radius 1 is 1.06 bits per heavy atom. The second-order valence-electron chi connectivity index (χ2n) is 7.63. The van der Waals surface area contributed by atoms with E-state index < -0.39 is 6.04 Å². The fraction of sp³-hybridized carbons (Fsp3) is 0.304. The molecule has 2 N–H and O–H groups in total. The minimum Gasteiger partial charge on any atom is -0.385 e. The first kappa shape index (κ1) is 21.5. The molecule has 2 heterocycles. The van der Waals surface area contributed by atoms with E-state index in [0.29, 0.717) is 36.9 Å². The van der Waals surface area contributed by atoms with E-state index in [1.165, 1.54) is 6.92 Å². The van der Waals surface area contributed by atoms with Crippen molar-refractivity contribution in [3.05, 3.63) is 48.5 Å². The summed E-state index contributed by atoms with van der Waals surface area (Å²) in [6, 6.07) is 13.7. The molecule has 1 aliphatic heterocycles. The molecule has 0 saturated heterocycles. The van der Waals surface area contributed by atoms with E-state index in [1.54, 1.807) is 36.3 Å². The molecule has 1 aliphatic rings. The summed E-state index contributed by atoms with van der Waals surface area (Å²) in [5, 5.41) is 5.51. The number of aromatic nitrogens is 2. The van der Waals surface area contributed by atoms with Crippen molar-refractivity contribution in [3.63, 3.8) is 0 Å². The summed E-state index contributed by atoms with van der Waals surface area (Å²) in [4.78, 5) is 43.4. The summed E-state index contributed by atoms with van der Waals surface area (Å²) in [7, 11) is 1.62. The van der Waals surface area contributed by atoms with Crippen LogP contribution in [0, 0.1) is 0 Å². The van der Waals surface area contributed by atoms with Gasteiger partial charge in [-0.15, -0.1) is 0 Å². The van der Waals surface area contributed by atoms with E-state index in [9.17, 15) is 14.4 Å². The zero-order valence-corrected chi connectivity index (χ0v) is 18.0. The number of benzene rings is 2. The number of hydrogen-bond acceptors (Lipinski definition) is 5. The SMILES string of the molecule is COCCCN1C(=O)C(CC(=O)Nc2ccc(NC(C)=O)cc2)n2c1nc1ccccc12. The van der Waals surface area contributed by atoms with Gasteiger partial charge in [0.05, 0.1) is 17.5 Å². The van der Waals surface area contributed by atoms with Crippen LogP contribution in [-0.2, 0) is 19.1 Å². The number of hydrogen-bond donors (Lipinski definition) is 2. The second-order valence-corrected chi connectivity index (χ2v) is 7.63. The number of anilines is 3. The molecule has 3 aromatic rings. The maximum atomic E-state index is 13.2. The quantitative estimate of drug-likeness (QED) is 0.529. The van der Waals surface area contributed by atoms with Crippen molar-refractivity contribution in [2.75, 3.05) is 35.8 Å². The molecule has 0 spiro atoms. The Morgan fingerprint density at radius 2 is 1.75 bits per heavy atom. The molecule has 0 fully saturated rings. The van der Waals surface area contributed by atoms with Gasteiger partial charge in [0.15, 0.2) is 0 Å². The third kappa shape index (κ3) is 4.33. The van der Waals surface area contributed by atoms with Crippen LogP contribution in [-0.4, -0.2) is 47.5 Å². The molecule has 1 unspecified atom stereocenters. The summed E-state index contributed by atoms with van der Waals surface area (Å²) in [6.45, 7) is 2.43. The lowest BCUT2D eigenvalue weighted by atomic mass is 10.1. The van der Waals surface area contributed by atoms with Crippen molar-refractivity contribution in [1.29, 1.82) is 0 Å². The highest BCUT2D eigenvalue weighted by Crippen LogP contribution is 2.36. The van der Waals surface area contributed by atoms with E-state index in [-0.39, 0.29) is 24.1 Å². The maximum absolute atomic E-state index is 13.2. The normalized spacial score (nSPS) is 15.1. The van der Waals surface area contributed by atoms with Gasteiger partial charge in [0, 0.05) is 38.6 Å². The largest absolute Gasteiger partial charge is 0.385 e. The standard InChI is InChI=1S/C23H25N5O4/c1-15(29)24-16-8-10-17(11-9-16)25-21(30)14-20-22(31)27(12-5-13-32-2)23-26-18-6-3-4-7-19(18)28(20)23/h3-4,6-11,20H,5,12-14H2,1-2H3,(H,24,29)(H,25,30). The predicted octanol–water partition coefficient (Wildman–Crippen LogP) is 2.95. The van der Waals surface area contributed by atoms with E-state index in [1.807, 2.05) is 28.8 Å². The van der Waals surface area contributed by atoms with E-state index in [2.05, 4.69) is 15.6 Å². The molecule has 1 aromatic heterocycles. The van der Waals surface area contributed by atoms with E-state index in [4.69, 9.17) is 4.74 Å². The lowest BCUT2D eigenvalue weighted by Crippen LogP contribution is -2.32. The van der Waals surface area contributed by atoms with Crippen LogP contribution in [0.4, 0.5) is 17.3 Å². The van der Waals surface area contributed by atoms with E-state index >= 15 is 0 Å². The molecule has 32 heavy (non-hydrogen) atoms. The first-order chi connectivity index (χ1) is 15.5. The van der Waals surface area contributed by atoms with Crippen LogP contribution < -0.4 is 15.5 Å². The summed E-state index contributed by atoms with van der Waals surface area (Å²) in [6.07, 6.45) is 0.658. The Bertz CT molecular complexity index is 1150. The average Bonchev–Trinajstić information content (AvgIpc) is 3.25. The molecule has 0 aliphatic carbocycles. The van der Waals surface area contributed by atoms with Crippen LogP contribution in [0.3, 0.4) is 0 Å². The molecule has 3 amide bonds. The highest BCUT2D eigenvalue weighted by molar-refractivity contribution is 6.05. The molecule has 166 valence electrons. The Kier molecular flexibility index (Phi) is 6.18. The van der Waals surface area contributed by atoms with Crippen LogP contribution in [0.25, 0.3) is 11.0 Å². The Labute approximate surface area is 185 Å². The van der Waals surface area contributed by atoms with Crippen molar-refractivity contribution in [3.8, 4) is 0 Å². The van der Waals surface area contributed by atoms with E-state index in [0.717, 1.165) is 11.0 Å². The number of para-hydroxylation sites is 2. The van der Waals surface area contributed by atoms with Gasteiger partial charge in [0.2, 0.25) is 17.8 Å². The first-order valence-electron chi connectivity index (χ1n) is 10.4. The molecule has 4 rings (SSSR count). The second kappa shape index (κ2) is 9.19. The molecular weight excluding hydrogens is 410 g/mol. The highest BCUT2D eigenvalue weighted by Gasteiger charge is 2.40. The summed E-state index contributed by atoms with van der Waals surface area (Å²) in [5.41, 5.74) is 2.83. The minimum atomic E-state index is -0.668. The van der Waals surface area contributed by atoms with Crippen molar-refractivity contribution in [2.45, 2.75) is 25.8 Å². The van der Waals surface area contributed by atoms with Gasteiger partial charge < -0.3 is 15.4 Å². The number of nitrogens with zero attached hydrogens (tertiary/aromatic N) is 3. The first-order valence-corrected chi connectivity index (χ1v) is 10.4. The number of amides is 3. The van der Waals surface area contributed by atoms with Gasteiger partial charge in [-0.1, -0.05) is 12.1 Å². The lowest BCUT2D eigenvalue weighted by Gasteiger charge is -2.15.